The van der Waals surface area contributed by atoms with E-state index in [1.54, 1.807) is 17.0 Å². The molecule has 4 bridgehead atoms. The Labute approximate surface area is 223 Å². The monoisotopic (exact) mass is 520 g/mol. The van der Waals surface area contributed by atoms with Crippen LogP contribution in [-0.2, 0) is 9.59 Å². The summed E-state index contributed by atoms with van der Waals surface area (Å²) in [6.45, 7) is 0. The van der Waals surface area contributed by atoms with E-state index in [9.17, 15) is 14.0 Å². The lowest BCUT2D eigenvalue weighted by molar-refractivity contribution is -0.126. The van der Waals surface area contributed by atoms with Crippen LogP contribution in [0.3, 0.4) is 0 Å². The maximum absolute atomic E-state index is 14.1. The third kappa shape index (κ3) is 5.32. The maximum Gasteiger partial charge on any atom is 0.248 e. The largest absolute Gasteiger partial charge is 0.351 e. The number of nitrogens with one attached hydrogen (secondary N) is 1. The molecule has 0 saturated heterocycles. The molecule has 0 aromatic heterocycles. The molecule has 2 aromatic carbocycles. The van der Waals surface area contributed by atoms with Crippen LogP contribution in [0.5, 0.6) is 0 Å². The number of halogens is 1. The molecule has 5 aliphatic rings. The summed E-state index contributed by atoms with van der Waals surface area (Å²) in [7, 11) is 0. The molecule has 0 aliphatic heterocycles. The van der Waals surface area contributed by atoms with Crippen molar-refractivity contribution in [2.45, 2.75) is 81.0 Å². The zero-order valence-corrected chi connectivity index (χ0v) is 22.2. The number of hydrogen-bond donors (Lipinski definition) is 1. The van der Waals surface area contributed by atoms with Crippen LogP contribution in [0.25, 0.3) is 0 Å². The van der Waals surface area contributed by atoms with Gasteiger partial charge in [0.1, 0.15) is 11.9 Å². The predicted molar refractivity (Wildman–Crippen MR) is 147 cm³/mol. The van der Waals surface area contributed by atoms with Gasteiger partial charge in [-0.25, -0.2) is 4.39 Å². The maximum atomic E-state index is 14.1. The van der Waals surface area contributed by atoms with Gasteiger partial charge in [0.15, 0.2) is 0 Å². The Balaban J connectivity index is 1.29. The van der Waals surface area contributed by atoms with Gasteiger partial charge in [0.05, 0.1) is 5.75 Å². The summed E-state index contributed by atoms with van der Waals surface area (Å²) < 4.78 is 14.1. The van der Waals surface area contributed by atoms with Gasteiger partial charge in [-0.15, -0.1) is 11.8 Å². The van der Waals surface area contributed by atoms with Gasteiger partial charge in [-0.2, -0.15) is 0 Å². The third-order valence-electron chi connectivity index (χ3n) is 9.18. The highest BCUT2D eigenvalue weighted by Crippen LogP contribution is 2.60. The summed E-state index contributed by atoms with van der Waals surface area (Å²) in [6, 6.07) is 14.9. The van der Waals surface area contributed by atoms with Gasteiger partial charge in [0.2, 0.25) is 11.8 Å². The summed E-state index contributed by atoms with van der Waals surface area (Å²) in [5, 5.41) is 3.23. The number of carbonyl (C=O) groups excluding carboxylic acids is 2. The molecule has 196 valence electrons. The summed E-state index contributed by atoms with van der Waals surface area (Å²) in [6.07, 6.45) is 11.9. The molecule has 0 radical (unpaired) electrons. The molecule has 2 amide bonds. The van der Waals surface area contributed by atoms with Crippen LogP contribution in [-0.4, -0.2) is 28.4 Å². The Bertz CT molecular complexity index is 1080. The van der Waals surface area contributed by atoms with Gasteiger partial charge in [0, 0.05) is 16.5 Å². The zero-order valence-electron chi connectivity index (χ0n) is 21.4. The first kappa shape index (κ1) is 25.0. The van der Waals surface area contributed by atoms with Crippen molar-refractivity contribution in [3.05, 3.63) is 66.0 Å². The smallest absolute Gasteiger partial charge is 0.248 e. The molecule has 1 atom stereocenters. The highest BCUT2D eigenvalue weighted by Gasteiger charge is 2.51. The van der Waals surface area contributed by atoms with Crippen molar-refractivity contribution in [3.63, 3.8) is 0 Å². The average Bonchev–Trinajstić information content (AvgIpc) is 3.39. The van der Waals surface area contributed by atoms with E-state index in [0.717, 1.165) is 49.0 Å². The number of amides is 2. The lowest BCUT2D eigenvalue weighted by Gasteiger charge is -2.56. The number of hydrogen-bond acceptors (Lipinski definition) is 3. The van der Waals surface area contributed by atoms with E-state index >= 15 is 0 Å². The fourth-order valence-corrected chi connectivity index (χ4v) is 9.56. The fraction of sp³-hybridized carbons (Fsp3) is 0.548. The third-order valence-corrected chi connectivity index (χ3v) is 10.7. The van der Waals surface area contributed by atoms with Crippen molar-refractivity contribution in [1.82, 2.24) is 5.32 Å². The van der Waals surface area contributed by atoms with Crippen molar-refractivity contribution in [2.75, 3.05) is 10.7 Å². The van der Waals surface area contributed by atoms with Crippen molar-refractivity contribution in [3.8, 4) is 0 Å². The van der Waals surface area contributed by atoms with Crippen molar-refractivity contribution in [1.29, 1.82) is 0 Å². The molecule has 0 spiro atoms. The molecule has 1 N–H and O–H groups in total. The van der Waals surface area contributed by atoms with Gasteiger partial charge in [-0.1, -0.05) is 43.2 Å². The first-order valence-corrected chi connectivity index (χ1v) is 15.0. The Hall–Kier alpha value is -2.34. The van der Waals surface area contributed by atoms with Crippen molar-refractivity contribution < 1.29 is 14.0 Å². The zero-order chi connectivity index (χ0) is 25.4. The Morgan fingerprint density at radius 3 is 2.11 bits per heavy atom. The second-order valence-electron chi connectivity index (χ2n) is 11.9. The highest BCUT2D eigenvalue weighted by atomic mass is 32.2. The molecule has 5 fully saturated rings. The SMILES string of the molecule is O=C(NC1CCCC1)[C@H](c1ccccc1)N(C(=O)CSC12CC3CC(CC(C3)C1)C2)c1ccc(F)cc1. The molecule has 5 aliphatic carbocycles. The highest BCUT2D eigenvalue weighted by molar-refractivity contribution is 8.01. The number of anilines is 1. The molecule has 2 aromatic rings. The standard InChI is InChI=1S/C31H37FN2O2S/c32-25-10-12-27(13-11-25)34(28(35)20-37-31-17-21-14-22(18-31)16-23(15-21)19-31)29(24-6-2-1-3-7-24)30(36)33-26-8-4-5-9-26/h1-3,6-7,10-13,21-23,26,29H,4-5,8-9,14-20H2,(H,33,36)/t21?,22?,23?,29-,31?/m0/s1. The number of rotatable bonds is 8. The molecule has 4 nitrogen and oxygen atoms in total. The van der Waals surface area contributed by atoms with Gasteiger partial charge in [-0.3, -0.25) is 14.5 Å². The Morgan fingerprint density at radius 1 is 0.919 bits per heavy atom. The lowest BCUT2D eigenvalue weighted by Crippen LogP contribution is -2.50. The van der Waals surface area contributed by atoms with Gasteiger partial charge < -0.3 is 5.32 Å². The van der Waals surface area contributed by atoms with Gasteiger partial charge >= 0.3 is 0 Å². The lowest BCUT2D eigenvalue weighted by atomic mass is 9.56. The van der Waals surface area contributed by atoms with Crippen LogP contribution in [0.2, 0.25) is 0 Å². The number of thioether (sulfide) groups is 1. The van der Waals surface area contributed by atoms with Crippen LogP contribution in [0.4, 0.5) is 10.1 Å². The first-order valence-electron chi connectivity index (χ1n) is 14.0. The molecule has 5 saturated carbocycles. The molecular weight excluding hydrogens is 483 g/mol. The summed E-state index contributed by atoms with van der Waals surface area (Å²) in [5.41, 5.74) is 1.34. The molecule has 7 rings (SSSR count). The minimum Gasteiger partial charge on any atom is -0.351 e. The van der Waals surface area contributed by atoms with Crippen LogP contribution in [0, 0.1) is 23.6 Å². The molecule has 37 heavy (non-hydrogen) atoms. The van der Waals surface area contributed by atoms with E-state index in [0.29, 0.717) is 11.4 Å². The normalized spacial score (nSPS) is 29.3. The number of carbonyl (C=O) groups is 2. The summed E-state index contributed by atoms with van der Waals surface area (Å²) >= 11 is 1.83. The van der Waals surface area contributed by atoms with E-state index in [2.05, 4.69) is 5.32 Å². The number of benzene rings is 2. The summed E-state index contributed by atoms with van der Waals surface area (Å²) in [4.78, 5) is 29.6. The Morgan fingerprint density at radius 2 is 1.51 bits per heavy atom. The van der Waals surface area contributed by atoms with Crippen LogP contribution >= 0.6 is 11.8 Å². The van der Waals surface area contributed by atoms with Crippen LogP contribution < -0.4 is 10.2 Å². The minimum absolute atomic E-state index is 0.0808. The average molecular weight is 521 g/mol. The molecular formula is C31H37FN2O2S. The summed E-state index contributed by atoms with van der Waals surface area (Å²) in [5.74, 6) is 2.19. The van der Waals surface area contributed by atoms with Crippen molar-refractivity contribution >= 4 is 29.3 Å². The molecule has 6 heteroatoms. The van der Waals surface area contributed by atoms with E-state index in [4.69, 9.17) is 0 Å². The van der Waals surface area contributed by atoms with E-state index in [-0.39, 0.29) is 28.4 Å². The van der Waals surface area contributed by atoms with Crippen molar-refractivity contribution in [2.24, 2.45) is 17.8 Å². The van der Waals surface area contributed by atoms with E-state index in [1.807, 2.05) is 42.1 Å². The number of nitrogens with zero attached hydrogens (tertiary/aromatic N) is 1. The Kier molecular flexibility index (Phi) is 7.04. The second kappa shape index (κ2) is 10.4. The van der Waals surface area contributed by atoms with Gasteiger partial charge in [-0.05, 0) is 98.9 Å². The minimum atomic E-state index is -0.795. The molecule has 0 heterocycles. The predicted octanol–water partition coefficient (Wildman–Crippen LogP) is 6.66. The van der Waals surface area contributed by atoms with Crippen LogP contribution in [0.15, 0.2) is 54.6 Å². The molecule has 0 unspecified atom stereocenters. The fourth-order valence-electron chi connectivity index (χ4n) is 7.93. The second-order valence-corrected chi connectivity index (χ2v) is 13.4. The van der Waals surface area contributed by atoms with Crippen LogP contribution in [0.1, 0.15) is 75.8 Å². The van der Waals surface area contributed by atoms with E-state index < -0.39 is 6.04 Å². The quantitative estimate of drug-likeness (QED) is 0.423. The van der Waals surface area contributed by atoms with Gasteiger partial charge in [0.25, 0.3) is 0 Å². The first-order chi connectivity index (χ1) is 18.0. The van der Waals surface area contributed by atoms with E-state index in [1.165, 1.54) is 50.7 Å². The topological polar surface area (TPSA) is 49.4 Å².